The van der Waals surface area contributed by atoms with Crippen LogP contribution in [0, 0.1) is 23.7 Å². The highest BCUT2D eigenvalue weighted by atomic mass is 19.3. The molecule has 170 valence electrons. The zero-order chi connectivity index (χ0) is 21.9. The van der Waals surface area contributed by atoms with Gasteiger partial charge in [-0.2, -0.15) is 8.78 Å². The molecule has 0 amide bonds. The lowest BCUT2D eigenvalue weighted by molar-refractivity contribution is -0.186. The van der Waals surface area contributed by atoms with E-state index in [9.17, 15) is 23.2 Å². The Hall–Kier alpha value is -1.85. The number of alkyl halides is 2. The van der Waals surface area contributed by atoms with Crippen LogP contribution in [-0.4, -0.2) is 82.8 Å². The minimum atomic E-state index is -3.68. The summed E-state index contributed by atoms with van der Waals surface area (Å²) in [5.74, 6) is -9.12. The fourth-order valence-corrected chi connectivity index (χ4v) is 4.46. The highest BCUT2D eigenvalue weighted by Gasteiger charge is 2.70. The van der Waals surface area contributed by atoms with E-state index in [1.807, 2.05) is 0 Å². The second kappa shape index (κ2) is 9.52. The highest BCUT2D eigenvalue weighted by molar-refractivity contribution is 5.86. The minimum absolute atomic E-state index is 0.0343. The standard InChI is InChI=1S/C19H26F2O9/c1-19(20,21)18(24)30-15-10-9-11-13(17(23)29-14(11)15)12(10)16(22)28-8-7-27-6-5-26-4-3-25-2/h10-15H,3-9H2,1-2H3. The van der Waals surface area contributed by atoms with Crippen LogP contribution in [0.1, 0.15) is 13.3 Å². The van der Waals surface area contributed by atoms with E-state index < -0.39 is 53.8 Å². The maximum absolute atomic E-state index is 13.2. The van der Waals surface area contributed by atoms with Gasteiger partial charge in [-0.3, -0.25) is 9.59 Å². The molecule has 3 rings (SSSR count). The van der Waals surface area contributed by atoms with E-state index in [2.05, 4.69) is 0 Å². The molecule has 9 nitrogen and oxygen atoms in total. The third-order valence-corrected chi connectivity index (χ3v) is 5.70. The molecule has 0 aromatic rings. The van der Waals surface area contributed by atoms with Crippen LogP contribution < -0.4 is 0 Å². The summed E-state index contributed by atoms with van der Waals surface area (Å²) in [5.41, 5.74) is 0. The van der Waals surface area contributed by atoms with Crippen molar-refractivity contribution >= 4 is 17.9 Å². The molecule has 1 aliphatic heterocycles. The lowest BCUT2D eigenvalue weighted by Crippen LogP contribution is -2.45. The van der Waals surface area contributed by atoms with Crippen molar-refractivity contribution in [1.29, 1.82) is 0 Å². The summed E-state index contributed by atoms with van der Waals surface area (Å²) in [6.07, 6.45) is -1.48. The molecular formula is C19H26F2O9. The molecule has 2 aliphatic carbocycles. The Labute approximate surface area is 172 Å². The Bertz CT molecular complexity index is 650. The summed E-state index contributed by atoms with van der Waals surface area (Å²) in [5, 5.41) is 0. The largest absolute Gasteiger partial charge is 0.463 e. The first kappa shape index (κ1) is 22.8. The SMILES string of the molecule is COCCOCCOCCOC(=O)C1C2CC3C(OC(=O)C31)C2OC(=O)C(C)(F)F. The molecule has 0 aromatic carbocycles. The molecule has 3 fully saturated rings. The molecule has 1 heterocycles. The molecular weight excluding hydrogens is 410 g/mol. The quantitative estimate of drug-likeness (QED) is 0.247. The zero-order valence-corrected chi connectivity index (χ0v) is 16.8. The molecule has 2 saturated carbocycles. The number of methoxy groups -OCH3 is 1. The Morgan fingerprint density at radius 3 is 2.33 bits per heavy atom. The average molecular weight is 436 g/mol. The van der Waals surface area contributed by atoms with E-state index in [1.54, 1.807) is 7.11 Å². The van der Waals surface area contributed by atoms with E-state index in [0.717, 1.165) is 0 Å². The number of rotatable bonds is 12. The van der Waals surface area contributed by atoms with E-state index in [1.165, 1.54) is 0 Å². The predicted octanol–water partition coefficient (Wildman–Crippen LogP) is 0.584. The predicted molar refractivity (Wildman–Crippen MR) is 93.4 cm³/mol. The van der Waals surface area contributed by atoms with Gasteiger partial charge in [0.05, 0.1) is 44.9 Å². The van der Waals surface area contributed by atoms with Crippen molar-refractivity contribution in [3.05, 3.63) is 0 Å². The number of ether oxygens (including phenoxy) is 6. The molecule has 3 aliphatic rings. The molecule has 1 saturated heterocycles. The summed E-state index contributed by atoms with van der Waals surface area (Å²) in [7, 11) is 1.57. The van der Waals surface area contributed by atoms with Crippen LogP contribution >= 0.6 is 0 Å². The van der Waals surface area contributed by atoms with Crippen molar-refractivity contribution in [3.63, 3.8) is 0 Å². The van der Waals surface area contributed by atoms with Crippen molar-refractivity contribution in [2.45, 2.75) is 31.5 Å². The third kappa shape index (κ3) is 4.73. The average Bonchev–Trinajstić information content (AvgIpc) is 3.29. The van der Waals surface area contributed by atoms with Crippen LogP contribution in [0.15, 0.2) is 0 Å². The first-order valence-corrected chi connectivity index (χ1v) is 9.86. The maximum Gasteiger partial charge on any atom is 0.377 e. The van der Waals surface area contributed by atoms with Gasteiger partial charge in [-0.15, -0.1) is 0 Å². The van der Waals surface area contributed by atoms with Gasteiger partial charge in [-0.05, 0) is 6.42 Å². The van der Waals surface area contributed by atoms with Crippen LogP contribution in [0.4, 0.5) is 8.78 Å². The van der Waals surface area contributed by atoms with Crippen LogP contribution in [-0.2, 0) is 42.8 Å². The van der Waals surface area contributed by atoms with Crippen molar-refractivity contribution in [2.75, 3.05) is 46.8 Å². The fraction of sp³-hybridized carbons (Fsp3) is 0.842. The number of hydrogen-bond acceptors (Lipinski definition) is 9. The molecule has 0 aromatic heterocycles. The maximum atomic E-state index is 13.2. The molecule has 11 heteroatoms. The molecule has 6 unspecified atom stereocenters. The third-order valence-electron chi connectivity index (χ3n) is 5.70. The lowest BCUT2D eigenvalue weighted by atomic mass is 9.78. The van der Waals surface area contributed by atoms with E-state index in [0.29, 0.717) is 39.8 Å². The van der Waals surface area contributed by atoms with Gasteiger partial charge in [0.15, 0.2) is 0 Å². The molecule has 6 atom stereocenters. The zero-order valence-electron chi connectivity index (χ0n) is 16.8. The van der Waals surface area contributed by atoms with Crippen LogP contribution in [0.5, 0.6) is 0 Å². The fourth-order valence-electron chi connectivity index (χ4n) is 4.46. The minimum Gasteiger partial charge on any atom is -0.463 e. The van der Waals surface area contributed by atoms with Crippen molar-refractivity contribution in [3.8, 4) is 0 Å². The van der Waals surface area contributed by atoms with Gasteiger partial charge in [0.2, 0.25) is 0 Å². The van der Waals surface area contributed by atoms with Crippen molar-refractivity contribution in [1.82, 2.24) is 0 Å². The highest BCUT2D eigenvalue weighted by Crippen LogP contribution is 2.59. The van der Waals surface area contributed by atoms with E-state index in [-0.39, 0.29) is 19.1 Å². The molecule has 2 bridgehead atoms. The van der Waals surface area contributed by atoms with E-state index in [4.69, 9.17) is 28.4 Å². The normalized spacial score (nSPS) is 31.7. The smallest absolute Gasteiger partial charge is 0.377 e. The molecule has 0 spiro atoms. The van der Waals surface area contributed by atoms with Gasteiger partial charge >= 0.3 is 23.8 Å². The molecule has 0 radical (unpaired) electrons. The summed E-state index contributed by atoms with van der Waals surface area (Å²) >= 11 is 0. The van der Waals surface area contributed by atoms with Gasteiger partial charge in [0, 0.05) is 25.9 Å². The van der Waals surface area contributed by atoms with Gasteiger partial charge in [0.25, 0.3) is 0 Å². The van der Waals surface area contributed by atoms with Gasteiger partial charge in [0.1, 0.15) is 18.8 Å². The number of esters is 3. The first-order chi connectivity index (χ1) is 14.3. The van der Waals surface area contributed by atoms with Gasteiger partial charge < -0.3 is 28.4 Å². The van der Waals surface area contributed by atoms with Crippen molar-refractivity contribution < 1.29 is 51.6 Å². The summed E-state index contributed by atoms with van der Waals surface area (Å²) in [6, 6.07) is 0. The molecule has 0 N–H and O–H groups in total. The van der Waals surface area contributed by atoms with Gasteiger partial charge in [-0.25, -0.2) is 4.79 Å². The van der Waals surface area contributed by atoms with Crippen molar-refractivity contribution in [2.24, 2.45) is 23.7 Å². The molecule has 30 heavy (non-hydrogen) atoms. The van der Waals surface area contributed by atoms with Crippen LogP contribution in [0.2, 0.25) is 0 Å². The topological polar surface area (TPSA) is 107 Å². The van der Waals surface area contributed by atoms with E-state index >= 15 is 0 Å². The number of hydrogen-bond donors (Lipinski definition) is 0. The second-order valence-corrected chi connectivity index (χ2v) is 7.66. The summed E-state index contributed by atoms with van der Waals surface area (Å²) in [4.78, 5) is 36.4. The Morgan fingerprint density at radius 1 is 1.07 bits per heavy atom. The van der Waals surface area contributed by atoms with Crippen LogP contribution in [0.3, 0.4) is 0 Å². The summed E-state index contributed by atoms with van der Waals surface area (Å²) in [6.45, 7) is 2.15. The number of fused-ring (bicyclic) bond motifs is 1. The number of carbonyl (C=O) groups excluding carboxylic acids is 3. The Balaban J connectivity index is 1.47. The summed E-state index contributed by atoms with van der Waals surface area (Å²) < 4.78 is 57.2. The first-order valence-electron chi connectivity index (χ1n) is 9.86. The number of halogens is 2. The monoisotopic (exact) mass is 436 g/mol. The lowest BCUT2D eigenvalue weighted by Gasteiger charge is -2.30. The Kier molecular flexibility index (Phi) is 7.25. The van der Waals surface area contributed by atoms with Gasteiger partial charge in [-0.1, -0.05) is 0 Å². The van der Waals surface area contributed by atoms with Crippen LogP contribution in [0.25, 0.3) is 0 Å². The number of carbonyl (C=O) groups is 3. The Morgan fingerprint density at radius 2 is 1.70 bits per heavy atom. The second-order valence-electron chi connectivity index (χ2n) is 7.66.